The van der Waals surface area contributed by atoms with Crippen molar-refractivity contribution in [2.45, 2.75) is 0 Å². The maximum Gasteiger partial charge on any atom is 0.144 e. The number of rotatable bonds is 2. The number of hydrogen-bond donors (Lipinski definition) is 0. The second kappa shape index (κ2) is 3.68. The Kier molecular flexibility index (Phi) is 2.83. The fourth-order valence-electron chi connectivity index (χ4n) is 0.556. The molecule has 0 aromatic carbocycles. The van der Waals surface area contributed by atoms with E-state index in [4.69, 9.17) is 0 Å². The highest BCUT2D eigenvalue weighted by Crippen LogP contribution is 2.24. The first-order chi connectivity index (χ1) is 4.84. The minimum absolute atomic E-state index is 0.768. The van der Waals surface area contributed by atoms with E-state index in [1.165, 1.54) is 6.08 Å². The summed E-state index contributed by atoms with van der Waals surface area (Å²) in [7, 11) is 0. The second-order valence-electron chi connectivity index (χ2n) is 1.63. The summed E-state index contributed by atoms with van der Waals surface area (Å²) in [6.07, 6.45) is 2.26. The first-order valence-electron chi connectivity index (χ1n) is 2.69. The van der Waals surface area contributed by atoms with E-state index in [2.05, 4.69) is 15.9 Å². The maximum atomic E-state index is 10.0. The number of allylic oxidation sites excluding steroid dienone is 1. The number of carbonyl (C=O) groups is 1. The zero-order valence-corrected chi connectivity index (χ0v) is 7.48. The van der Waals surface area contributed by atoms with Gasteiger partial charge in [-0.1, -0.05) is 6.07 Å². The Morgan fingerprint density at radius 3 is 3.00 bits per heavy atom. The second-order valence-corrected chi connectivity index (χ2v) is 3.43. The van der Waals surface area contributed by atoms with Gasteiger partial charge in [0.1, 0.15) is 6.29 Å². The van der Waals surface area contributed by atoms with Gasteiger partial charge in [0.15, 0.2) is 0 Å². The minimum atomic E-state index is 0.768. The van der Waals surface area contributed by atoms with E-state index in [9.17, 15) is 4.79 Å². The Morgan fingerprint density at radius 2 is 2.50 bits per heavy atom. The third-order valence-electron chi connectivity index (χ3n) is 0.971. The van der Waals surface area contributed by atoms with E-state index in [1.807, 2.05) is 17.5 Å². The monoisotopic (exact) mass is 216 g/mol. The Balaban J connectivity index is 2.86. The van der Waals surface area contributed by atoms with Crippen molar-refractivity contribution in [1.29, 1.82) is 0 Å². The van der Waals surface area contributed by atoms with Gasteiger partial charge in [-0.25, -0.2) is 0 Å². The van der Waals surface area contributed by atoms with Crippen LogP contribution in [0.15, 0.2) is 23.6 Å². The molecule has 3 heteroatoms. The molecule has 0 fully saturated rings. The summed E-state index contributed by atoms with van der Waals surface area (Å²) in [4.78, 5) is 11.1. The van der Waals surface area contributed by atoms with Crippen LogP contribution in [0.5, 0.6) is 0 Å². The average Bonchev–Trinajstić information content (AvgIpc) is 2.38. The smallest absolute Gasteiger partial charge is 0.144 e. The minimum Gasteiger partial charge on any atom is -0.299 e. The van der Waals surface area contributed by atoms with Gasteiger partial charge in [-0.15, -0.1) is 11.3 Å². The van der Waals surface area contributed by atoms with Gasteiger partial charge in [0.25, 0.3) is 0 Å². The van der Waals surface area contributed by atoms with Crippen LogP contribution in [0.25, 0.3) is 4.48 Å². The molecule has 0 aliphatic heterocycles. The molecular formula is C7H5BrOS. The third kappa shape index (κ3) is 1.78. The Morgan fingerprint density at radius 1 is 1.70 bits per heavy atom. The van der Waals surface area contributed by atoms with Crippen molar-refractivity contribution in [3.63, 3.8) is 0 Å². The molecule has 1 rings (SSSR count). The van der Waals surface area contributed by atoms with E-state index in [0.29, 0.717) is 0 Å². The molecule has 1 aromatic rings. The summed E-state index contributed by atoms with van der Waals surface area (Å²) in [6.45, 7) is 0. The van der Waals surface area contributed by atoms with Crippen molar-refractivity contribution >= 4 is 38.0 Å². The molecule has 0 saturated carbocycles. The lowest BCUT2D eigenvalue weighted by Gasteiger charge is -1.87. The van der Waals surface area contributed by atoms with Crippen molar-refractivity contribution in [3.8, 4) is 0 Å². The van der Waals surface area contributed by atoms with Crippen LogP contribution < -0.4 is 0 Å². The van der Waals surface area contributed by atoms with Crippen LogP contribution in [-0.2, 0) is 4.79 Å². The number of thiophene rings is 1. The molecule has 10 heavy (non-hydrogen) atoms. The summed E-state index contributed by atoms with van der Waals surface area (Å²) >= 11 is 4.86. The van der Waals surface area contributed by atoms with Crippen LogP contribution in [0.4, 0.5) is 0 Å². The molecule has 1 heterocycles. The van der Waals surface area contributed by atoms with Gasteiger partial charge in [0.2, 0.25) is 0 Å². The fraction of sp³-hybridized carbons (Fsp3) is 0. The summed E-state index contributed by atoms with van der Waals surface area (Å²) < 4.78 is 0.845. The van der Waals surface area contributed by atoms with E-state index in [-0.39, 0.29) is 0 Å². The van der Waals surface area contributed by atoms with Crippen LogP contribution in [0.2, 0.25) is 0 Å². The predicted molar refractivity (Wildman–Crippen MR) is 47.3 cm³/mol. The highest BCUT2D eigenvalue weighted by molar-refractivity contribution is 9.15. The SMILES string of the molecule is O=C/C=C(\Br)c1cccs1. The molecule has 0 N–H and O–H groups in total. The lowest BCUT2D eigenvalue weighted by Crippen LogP contribution is -1.66. The van der Waals surface area contributed by atoms with Crippen LogP contribution >= 0.6 is 27.3 Å². The Hall–Kier alpha value is -0.410. The highest BCUT2D eigenvalue weighted by Gasteiger charge is 1.95. The summed E-state index contributed by atoms with van der Waals surface area (Å²) in [5, 5.41) is 1.97. The van der Waals surface area contributed by atoms with Gasteiger partial charge >= 0.3 is 0 Å². The van der Waals surface area contributed by atoms with Crippen LogP contribution in [0.3, 0.4) is 0 Å². The number of halogens is 1. The van der Waals surface area contributed by atoms with Gasteiger partial charge in [-0.2, -0.15) is 0 Å². The van der Waals surface area contributed by atoms with Crippen molar-refractivity contribution in [1.82, 2.24) is 0 Å². The van der Waals surface area contributed by atoms with Gasteiger partial charge in [0.05, 0.1) is 0 Å². The zero-order chi connectivity index (χ0) is 7.40. The zero-order valence-electron chi connectivity index (χ0n) is 5.08. The predicted octanol–water partition coefficient (Wildman–Crippen LogP) is 2.68. The molecule has 0 aliphatic rings. The lowest BCUT2D eigenvalue weighted by molar-refractivity contribution is -0.104. The van der Waals surface area contributed by atoms with Crippen molar-refractivity contribution in [3.05, 3.63) is 28.5 Å². The van der Waals surface area contributed by atoms with E-state index in [0.717, 1.165) is 15.6 Å². The average molecular weight is 217 g/mol. The molecule has 0 spiro atoms. The fourth-order valence-corrected chi connectivity index (χ4v) is 1.72. The van der Waals surface area contributed by atoms with Crippen molar-refractivity contribution in [2.75, 3.05) is 0 Å². The van der Waals surface area contributed by atoms with Crippen LogP contribution in [-0.4, -0.2) is 6.29 Å². The van der Waals surface area contributed by atoms with E-state index < -0.39 is 0 Å². The lowest BCUT2D eigenvalue weighted by atomic mass is 10.4. The summed E-state index contributed by atoms with van der Waals surface area (Å²) in [6, 6.07) is 3.90. The summed E-state index contributed by atoms with van der Waals surface area (Å²) in [5.41, 5.74) is 0. The molecular weight excluding hydrogens is 212 g/mol. The van der Waals surface area contributed by atoms with Crippen LogP contribution in [0.1, 0.15) is 4.88 Å². The molecule has 0 unspecified atom stereocenters. The number of aldehydes is 1. The normalized spacial score (nSPS) is 11.5. The van der Waals surface area contributed by atoms with Gasteiger partial charge < -0.3 is 0 Å². The molecule has 1 nitrogen and oxygen atoms in total. The van der Waals surface area contributed by atoms with Crippen molar-refractivity contribution in [2.24, 2.45) is 0 Å². The molecule has 0 radical (unpaired) electrons. The van der Waals surface area contributed by atoms with E-state index in [1.54, 1.807) is 11.3 Å². The topological polar surface area (TPSA) is 17.1 Å². The molecule has 0 saturated heterocycles. The largest absolute Gasteiger partial charge is 0.299 e. The van der Waals surface area contributed by atoms with Gasteiger partial charge in [-0.05, 0) is 33.5 Å². The molecule has 0 atom stereocenters. The maximum absolute atomic E-state index is 10.0. The highest BCUT2D eigenvalue weighted by atomic mass is 79.9. The Labute approximate surface area is 71.5 Å². The van der Waals surface area contributed by atoms with Gasteiger partial charge in [-0.3, -0.25) is 4.79 Å². The molecule has 1 aromatic heterocycles. The first-order valence-corrected chi connectivity index (χ1v) is 4.36. The standard InChI is InChI=1S/C7H5BrOS/c8-6(3-4-9)7-2-1-5-10-7/h1-5H/b6-3-. The molecule has 0 aliphatic carbocycles. The Bertz CT molecular complexity index is 238. The quantitative estimate of drug-likeness (QED) is 0.549. The van der Waals surface area contributed by atoms with E-state index >= 15 is 0 Å². The molecule has 0 bridgehead atoms. The van der Waals surface area contributed by atoms with Crippen LogP contribution in [0, 0.1) is 0 Å². The molecule has 52 valence electrons. The van der Waals surface area contributed by atoms with Crippen molar-refractivity contribution < 1.29 is 4.79 Å². The number of carbonyl (C=O) groups excluding carboxylic acids is 1. The first kappa shape index (κ1) is 7.69. The molecule has 0 amide bonds. The van der Waals surface area contributed by atoms with Gasteiger partial charge in [0, 0.05) is 9.36 Å². The third-order valence-corrected chi connectivity index (χ3v) is 2.83. The number of hydrogen-bond acceptors (Lipinski definition) is 2. The summed E-state index contributed by atoms with van der Waals surface area (Å²) in [5.74, 6) is 0.